The van der Waals surface area contributed by atoms with Gasteiger partial charge in [0.2, 0.25) is 0 Å². The lowest BCUT2D eigenvalue weighted by Crippen LogP contribution is -2.05. The van der Waals surface area contributed by atoms with E-state index in [4.69, 9.17) is 34.8 Å². The Morgan fingerprint density at radius 2 is 1.74 bits per heavy atom. The van der Waals surface area contributed by atoms with Gasteiger partial charge in [0.1, 0.15) is 0 Å². The molecule has 100 valence electrons. The van der Waals surface area contributed by atoms with E-state index < -0.39 is 0 Å². The Morgan fingerprint density at radius 1 is 1.00 bits per heavy atom. The maximum absolute atomic E-state index is 6.24. The van der Waals surface area contributed by atoms with Crippen LogP contribution in [0.4, 0.5) is 0 Å². The quantitative estimate of drug-likeness (QED) is 0.542. The van der Waals surface area contributed by atoms with Crippen molar-refractivity contribution in [1.29, 1.82) is 0 Å². The highest BCUT2D eigenvalue weighted by Crippen LogP contribution is 2.31. The van der Waals surface area contributed by atoms with Gasteiger partial charge < -0.3 is 0 Å². The highest BCUT2D eigenvalue weighted by molar-refractivity contribution is 9.09. The fraction of sp³-hybridized carbons (Fsp3) is 0.200. The minimum absolute atomic E-state index is 0.315. The molecule has 0 aromatic heterocycles. The summed E-state index contributed by atoms with van der Waals surface area (Å²) in [5.74, 6) is 0.315. The van der Waals surface area contributed by atoms with Crippen molar-refractivity contribution in [1.82, 2.24) is 0 Å². The molecule has 1 atom stereocenters. The van der Waals surface area contributed by atoms with E-state index in [-0.39, 0.29) is 0 Å². The summed E-state index contributed by atoms with van der Waals surface area (Å²) in [7, 11) is 0. The van der Waals surface area contributed by atoms with Gasteiger partial charge in [0.05, 0.1) is 10.0 Å². The molecule has 4 heteroatoms. The Labute approximate surface area is 136 Å². The van der Waals surface area contributed by atoms with Crippen molar-refractivity contribution >= 4 is 50.7 Å². The average Bonchev–Trinajstić information content (AvgIpc) is 2.40. The lowest BCUT2D eigenvalue weighted by Gasteiger charge is -2.16. The first-order chi connectivity index (χ1) is 9.11. The molecular formula is C15H12BrCl3. The topological polar surface area (TPSA) is 0 Å². The van der Waals surface area contributed by atoms with E-state index in [0.717, 1.165) is 22.3 Å². The molecule has 0 saturated carbocycles. The van der Waals surface area contributed by atoms with Crippen LogP contribution in [0.3, 0.4) is 0 Å². The average molecular weight is 379 g/mol. The second-order valence-corrected chi connectivity index (χ2v) is 6.19. The van der Waals surface area contributed by atoms with Crippen LogP contribution in [0, 0.1) is 0 Å². The molecule has 0 aliphatic heterocycles. The van der Waals surface area contributed by atoms with Gasteiger partial charge in [-0.05, 0) is 41.7 Å². The van der Waals surface area contributed by atoms with E-state index in [0.29, 0.717) is 16.0 Å². The summed E-state index contributed by atoms with van der Waals surface area (Å²) < 4.78 is 0. The van der Waals surface area contributed by atoms with E-state index in [1.807, 2.05) is 30.3 Å². The molecule has 0 amide bonds. The first kappa shape index (κ1) is 15.2. The Balaban J connectivity index is 2.26. The number of benzene rings is 2. The van der Waals surface area contributed by atoms with E-state index in [1.54, 1.807) is 6.07 Å². The molecule has 0 aliphatic carbocycles. The van der Waals surface area contributed by atoms with Crippen molar-refractivity contribution in [2.24, 2.45) is 0 Å². The van der Waals surface area contributed by atoms with Gasteiger partial charge in [0.15, 0.2) is 0 Å². The molecule has 0 spiro atoms. The molecule has 0 radical (unpaired) electrons. The first-order valence-electron chi connectivity index (χ1n) is 5.86. The molecule has 2 aromatic carbocycles. The van der Waals surface area contributed by atoms with Crippen LogP contribution < -0.4 is 0 Å². The van der Waals surface area contributed by atoms with Crippen LogP contribution in [0.15, 0.2) is 42.5 Å². The highest BCUT2D eigenvalue weighted by atomic mass is 79.9. The number of rotatable bonds is 4. The van der Waals surface area contributed by atoms with Crippen molar-refractivity contribution in [2.45, 2.75) is 12.3 Å². The van der Waals surface area contributed by atoms with E-state index in [2.05, 4.69) is 22.0 Å². The summed E-state index contributed by atoms with van der Waals surface area (Å²) >= 11 is 21.9. The second kappa shape index (κ2) is 6.99. The van der Waals surface area contributed by atoms with Crippen molar-refractivity contribution in [2.75, 3.05) is 5.33 Å². The van der Waals surface area contributed by atoms with E-state index in [9.17, 15) is 0 Å². The summed E-state index contributed by atoms with van der Waals surface area (Å²) in [5.41, 5.74) is 2.25. The predicted molar refractivity (Wildman–Crippen MR) is 88.2 cm³/mol. The Morgan fingerprint density at radius 3 is 2.42 bits per heavy atom. The van der Waals surface area contributed by atoms with E-state index >= 15 is 0 Å². The zero-order chi connectivity index (χ0) is 13.8. The molecule has 0 N–H and O–H groups in total. The molecule has 0 heterocycles. The third-order valence-corrected chi connectivity index (χ3v) is 4.88. The van der Waals surface area contributed by atoms with Gasteiger partial charge in [0, 0.05) is 10.4 Å². The molecular weight excluding hydrogens is 366 g/mol. The second-order valence-electron chi connectivity index (χ2n) is 4.32. The number of halogens is 4. The third-order valence-electron chi connectivity index (χ3n) is 3.00. The van der Waals surface area contributed by atoms with Gasteiger partial charge in [-0.25, -0.2) is 0 Å². The third kappa shape index (κ3) is 3.88. The molecule has 1 unspecified atom stereocenters. The SMILES string of the molecule is Clc1cccc(C(CBr)Cc2cccc(Cl)c2Cl)c1. The molecule has 2 rings (SSSR count). The fourth-order valence-corrected chi connectivity index (χ4v) is 3.19. The van der Waals surface area contributed by atoms with Crippen LogP contribution in [0.5, 0.6) is 0 Å². The zero-order valence-electron chi connectivity index (χ0n) is 10.0. The monoisotopic (exact) mass is 376 g/mol. The maximum Gasteiger partial charge on any atom is 0.0624 e. The van der Waals surface area contributed by atoms with Gasteiger partial charge in [-0.15, -0.1) is 0 Å². The van der Waals surface area contributed by atoms with Gasteiger partial charge in [0.25, 0.3) is 0 Å². The molecule has 0 bridgehead atoms. The van der Waals surface area contributed by atoms with Gasteiger partial charge in [-0.1, -0.05) is 75.0 Å². The molecule has 0 fully saturated rings. The van der Waals surface area contributed by atoms with Crippen LogP contribution in [0.25, 0.3) is 0 Å². The minimum atomic E-state index is 0.315. The van der Waals surface area contributed by atoms with Crippen LogP contribution in [0.2, 0.25) is 15.1 Å². The molecule has 19 heavy (non-hydrogen) atoms. The Hall–Kier alpha value is -0.210. The van der Waals surface area contributed by atoms with Crippen molar-refractivity contribution in [3.8, 4) is 0 Å². The summed E-state index contributed by atoms with van der Waals surface area (Å²) in [5, 5.41) is 2.83. The highest BCUT2D eigenvalue weighted by Gasteiger charge is 2.14. The van der Waals surface area contributed by atoms with Crippen LogP contribution in [0.1, 0.15) is 17.0 Å². The zero-order valence-corrected chi connectivity index (χ0v) is 13.9. The van der Waals surface area contributed by atoms with E-state index in [1.165, 1.54) is 5.56 Å². The molecule has 0 aliphatic rings. The number of alkyl halides is 1. The number of hydrogen-bond acceptors (Lipinski definition) is 0. The Bertz CT molecular complexity index is 569. The summed E-state index contributed by atoms with van der Waals surface area (Å²) in [6, 6.07) is 13.6. The van der Waals surface area contributed by atoms with Crippen LogP contribution in [-0.4, -0.2) is 5.33 Å². The molecule has 0 saturated heterocycles. The van der Waals surface area contributed by atoms with Crippen molar-refractivity contribution in [3.05, 3.63) is 68.7 Å². The summed E-state index contributed by atoms with van der Waals surface area (Å²) in [6.45, 7) is 0. The maximum atomic E-state index is 6.24. The minimum Gasteiger partial charge on any atom is -0.0921 e. The Kier molecular flexibility index (Phi) is 5.58. The summed E-state index contributed by atoms with van der Waals surface area (Å²) in [4.78, 5) is 0. The molecule has 2 aromatic rings. The first-order valence-corrected chi connectivity index (χ1v) is 8.11. The van der Waals surface area contributed by atoms with Crippen LogP contribution >= 0.6 is 50.7 Å². The predicted octanol–water partition coefficient (Wildman–Crippen LogP) is 6.37. The summed E-state index contributed by atoms with van der Waals surface area (Å²) in [6.07, 6.45) is 0.824. The molecule has 0 nitrogen and oxygen atoms in total. The lowest BCUT2D eigenvalue weighted by atomic mass is 9.94. The van der Waals surface area contributed by atoms with Crippen molar-refractivity contribution in [3.63, 3.8) is 0 Å². The largest absolute Gasteiger partial charge is 0.0921 e. The van der Waals surface area contributed by atoms with Crippen molar-refractivity contribution < 1.29 is 0 Å². The van der Waals surface area contributed by atoms with Gasteiger partial charge in [-0.2, -0.15) is 0 Å². The fourth-order valence-electron chi connectivity index (χ4n) is 1.99. The van der Waals surface area contributed by atoms with Gasteiger partial charge >= 0.3 is 0 Å². The standard InChI is InChI=1S/C15H12BrCl3/c16-9-12(10-3-1-5-13(17)8-10)7-11-4-2-6-14(18)15(11)19/h1-6,8,12H,7,9H2. The lowest BCUT2D eigenvalue weighted by molar-refractivity contribution is 0.776. The van der Waals surface area contributed by atoms with Crippen LogP contribution in [-0.2, 0) is 6.42 Å². The normalized spacial score (nSPS) is 12.4. The smallest absolute Gasteiger partial charge is 0.0624 e. The van der Waals surface area contributed by atoms with Gasteiger partial charge in [-0.3, -0.25) is 0 Å². The number of hydrogen-bond donors (Lipinski definition) is 0.